The summed E-state index contributed by atoms with van der Waals surface area (Å²) in [6.45, 7) is 2.01. The predicted octanol–water partition coefficient (Wildman–Crippen LogP) is 3.26. The van der Waals surface area contributed by atoms with Gasteiger partial charge in [0.2, 0.25) is 0 Å². The zero-order chi connectivity index (χ0) is 13.8. The summed E-state index contributed by atoms with van der Waals surface area (Å²) >= 11 is 7.22. The highest BCUT2D eigenvalue weighted by Gasteiger charge is 2.11. The van der Waals surface area contributed by atoms with Crippen molar-refractivity contribution in [3.8, 4) is 5.69 Å². The molecule has 1 aromatic heterocycles. The zero-order valence-electron chi connectivity index (χ0n) is 10.3. The van der Waals surface area contributed by atoms with E-state index in [0.29, 0.717) is 5.02 Å². The molecule has 0 unspecified atom stereocenters. The van der Waals surface area contributed by atoms with Crippen LogP contribution in [0.5, 0.6) is 0 Å². The number of aromatic nitrogens is 2. The van der Waals surface area contributed by atoms with E-state index < -0.39 is 5.97 Å². The largest absolute Gasteiger partial charge is 0.481 e. The molecule has 0 spiro atoms. The van der Waals surface area contributed by atoms with Crippen LogP contribution in [-0.2, 0) is 11.2 Å². The van der Waals surface area contributed by atoms with Crippen LogP contribution in [0, 0.1) is 0 Å². The van der Waals surface area contributed by atoms with E-state index in [1.165, 1.54) is 11.8 Å². The number of rotatable bonds is 5. The monoisotopic (exact) mass is 296 g/mol. The standard InChI is InChI=1S/C13H13ClN2O2S/c1-2-10-7-12(19-8-13(17)18)16(15-10)11-5-3-4-9(14)6-11/h3-7H,2,8H2,1H3,(H,17,18). The topological polar surface area (TPSA) is 55.1 Å². The van der Waals surface area contributed by atoms with Gasteiger partial charge in [-0.1, -0.05) is 36.4 Å². The van der Waals surface area contributed by atoms with Crippen LogP contribution < -0.4 is 0 Å². The van der Waals surface area contributed by atoms with Crippen LogP contribution in [0.2, 0.25) is 5.02 Å². The number of halogens is 1. The maximum Gasteiger partial charge on any atom is 0.313 e. The summed E-state index contributed by atoms with van der Waals surface area (Å²) in [6, 6.07) is 9.24. The normalized spacial score (nSPS) is 10.6. The second kappa shape index (κ2) is 6.12. The third kappa shape index (κ3) is 3.52. The summed E-state index contributed by atoms with van der Waals surface area (Å²) in [5, 5.41) is 14.7. The molecule has 1 N–H and O–H groups in total. The lowest BCUT2D eigenvalue weighted by Crippen LogP contribution is -2.02. The molecule has 19 heavy (non-hydrogen) atoms. The Kier molecular flexibility index (Phi) is 4.50. The Hall–Kier alpha value is -1.46. The van der Waals surface area contributed by atoms with E-state index in [0.717, 1.165) is 22.8 Å². The molecule has 0 fully saturated rings. The third-order valence-corrected chi connectivity index (χ3v) is 3.70. The van der Waals surface area contributed by atoms with Gasteiger partial charge in [-0.3, -0.25) is 4.79 Å². The lowest BCUT2D eigenvalue weighted by molar-refractivity contribution is -0.133. The van der Waals surface area contributed by atoms with Crippen molar-refractivity contribution >= 4 is 29.3 Å². The number of aryl methyl sites for hydroxylation is 1. The van der Waals surface area contributed by atoms with E-state index in [4.69, 9.17) is 16.7 Å². The molecule has 6 heteroatoms. The molecule has 0 bridgehead atoms. The Bertz CT molecular complexity index is 598. The smallest absolute Gasteiger partial charge is 0.313 e. The van der Waals surface area contributed by atoms with E-state index in [2.05, 4.69) is 5.10 Å². The summed E-state index contributed by atoms with van der Waals surface area (Å²) in [7, 11) is 0. The van der Waals surface area contributed by atoms with E-state index in [-0.39, 0.29) is 5.75 Å². The maximum atomic E-state index is 10.7. The number of carboxylic acid groups (broad SMARTS) is 1. The zero-order valence-corrected chi connectivity index (χ0v) is 11.9. The Morgan fingerprint density at radius 3 is 2.89 bits per heavy atom. The summed E-state index contributed by atoms with van der Waals surface area (Å²) in [5.74, 6) is -0.836. The first-order valence-electron chi connectivity index (χ1n) is 5.79. The number of hydrogen-bond donors (Lipinski definition) is 1. The maximum absolute atomic E-state index is 10.7. The molecule has 0 aliphatic heterocycles. The Morgan fingerprint density at radius 1 is 1.47 bits per heavy atom. The predicted molar refractivity (Wildman–Crippen MR) is 76.3 cm³/mol. The highest BCUT2D eigenvalue weighted by atomic mass is 35.5. The van der Waals surface area contributed by atoms with Crippen molar-refractivity contribution in [2.75, 3.05) is 5.75 Å². The molecule has 100 valence electrons. The summed E-state index contributed by atoms with van der Waals surface area (Å²) in [4.78, 5) is 10.7. The molecule has 1 aromatic carbocycles. The number of nitrogens with zero attached hydrogens (tertiary/aromatic N) is 2. The van der Waals surface area contributed by atoms with Crippen molar-refractivity contribution in [1.29, 1.82) is 0 Å². The molecule has 0 amide bonds. The van der Waals surface area contributed by atoms with Crippen LogP contribution in [0.25, 0.3) is 5.69 Å². The van der Waals surface area contributed by atoms with E-state index in [9.17, 15) is 4.79 Å². The Labute approximate surface area is 120 Å². The quantitative estimate of drug-likeness (QED) is 0.861. The molecule has 4 nitrogen and oxygen atoms in total. The van der Waals surface area contributed by atoms with Crippen molar-refractivity contribution in [3.63, 3.8) is 0 Å². The minimum Gasteiger partial charge on any atom is -0.481 e. The number of carbonyl (C=O) groups is 1. The molecule has 2 aromatic rings. The van der Waals surface area contributed by atoms with E-state index >= 15 is 0 Å². The van der Waals surface area contributed by atoms with Gasteiger partial charge in [0, 0.05) is 5.02 Å². The van der Waals surface area contributed by atoms with Crippen LogP contribution >= 0.6 is 23.4 Å². The number of benzene rings is 1. The minimum absolute atomic E-state index is 0.00934. The highest BCUT2D eigenvalue weighted by molar-refractivity contribution is 7.99. The Morgan fingerprint density at radius 2 is 2.26 bits per heavy atom. The molecule has 0 saturated carbocycles. The highest BCUT2D eigenvalue weighted by Crippen LogP contribution is 2.24. The fourth-order valence-electron chi connectivity index (χ4n) is 1.61. The van der Waals surface area contributed by atoms with Gasteiger partial charge in [-0.2, -0.15) is 5.10 Å². The number of thioether (sulfide) groups is 1. The first-order chi connectivity index (χ1) is 9.10. The summed E-state index contributed by atoms with van der Waals surface area (Å²) in [6.07, 6.45) is 0.800. The lowest BCUT2D eigenvalue weighted by atomic mass is 10.3. The van der Waals surface area contributed by atoms with Crippen LogP contribution in [0.1, 0.15) is 12.6 Å². The first kappa shape index (κ1) is 14.0. The molecular weight excluding hydrogens is 284 g/mol. The number of hydrogen-bond acceptors (Lipinski definition) is 3. The number of aliphatic carboxylic acids is 1. The molecule has 0 saturated heterocycles. The van der Waals surface area contributed by atoms with E-state index in [1.807, 2.05) is 25.1 Å². The fourth-order valence-corrected chi connectivity index (χ4v) is 2.56. The van der Waals surface area contributed by atoms with Crippen LogP contribution in [0.15, 0.2) is 35.4 Å². The molecule has 1 heterocycles. The molecule has 2 rings (SSSR count). The SMILES string of the molecule is CCc1cc(SCC(=O)O)n(-c2cccc(Cl)c2)n1. The lowest BCUT2D eigenvalue weighted by Gasteiger charge is -2.06. The third-order valence-electron chi connectivity index (χ3n) is 2.49. The van der Waals surface area contributed by atoms with E-state index in [1.54, 1.807) is 16.8 Å². The van der Waals surface area contributed by atoms with Crippen LogP contribution in [-0.4, -0.2) is 26.6 Å². The van der Waals surface area contributed by atoms with Gasteiger partial charge in [0.15, 0.2) is 0 Å². The first-order valence-corrected chi connectivity index (χ1v) is 7.16. The van der Waals surface area contributed by atoms with Crippen molar-refractivity contribution in [1.82, 2.24) is 9.78 Å². The summed E-state index contributed by atoms with van der Waals surface area (Å²) in [5.41, 5.74) is 1.76. The van der Waals surface area contributed by atoms with Crippen molar-refractivity contribution < 1.29 is 9.90 Å². The van der Waals surface area contributed by atoms with Crippen molar-refractivity contribution in [2.24, 2.45) is 0 Å². The second-order valence-corrected chi connectivity index (χ2v) is 5.33. The summed E-state index contributed by atoms with van der Waals surface area (Å²) < 4.78 is 1.73. The van der Waals surface area contributed by atoms with Gasteiger partial charge in [-0.05, 0) is 30.7 Å². The van der Waals surface area contributed by atoms with Gasteiger partial charge in [-0.15, -0.1) is 0 Å². The van der Waals surface area contributed by atoms with Gasteiger partial charge in [-0.25, -0.2) is 4.68 Å². The van der Waals surface area contributed by atoms with Gasteiger partial charge in [0.1, 0.15) is 5.03 Å². The average molecular weight is 297 g/mol. The minimum atomic E-state index is -0.845. The van der Waals surface area contributed by atoms with Crippen LogP contribution in [0.3, 0.4) is 0 Å². The molecule has 0 aliphatic carbocycles. The van der Waals surface area contributed by atoms with Gasteiger partial charge >= 0.3 is 5.97 Å². The van der Waals surface area contributed by atoms with Gasteiger partial charge < -0.3 is 5.11 Å². The average Bonchev–Trinajstić information content (AvgIpc) is 2.79. The number of carboxylic acids is 1. The van der Waals surface area contributed by atoms with Crippen molar-refractivity contribution in [2.45, 2.75) is 18.4 Å². The van der Waals surface area contributed by atoms with Crippen LogP contribution in [0.4, 0.5) is 0 Å². The van der Waals surface area contributed by atoms with Gasteiger partial charge in [0.25, 0.3) is 0 Å². The molecule has 0 atom stereocenters. The molecule has 0 radical (unpaired) electrons. The van der Waals surface area contributed by atoms with Crippen molar-refractivity contribution in [3.05, 3.63) is 41.0 Å². The molecular formula is C13H13ClN2O2S. The molecule has 0 aliphatic rings. The Balaban J connectivity index is 2.37. The second-order valence-electron chi connectivity index (χ2n) is 3.90. The van der Waals surface area contributed by atoms with Gasteiger partial charge in [0.05, 0.1) is 17.1 Å². The fraction of sp³-hybridized carbons (Fsp3) is 0.231.